The molecule has 1 N–H and O–H groups in total. The van der Waals surface area contributed by atoms with Crippen molar-refractivity contribution in [2.45, 2.75) is 25.7 Å². The first-order valence-electron chi connectivity index (χ1n) is 10.2. The molecule has 2 aromatic rings. The number of benzene rings is 1. The zero-order valence-electron chi connectivity index (χ0n) is 17.9. The number of Topliss-reactive ketones (excluding diaryl/α,β-unsaturated/α-hetero) is 1. The number of aromatic nitrogens is 2. The molecule has 0 aliphatic carbocycles. The fourth-order valence-electron chi connectivity index (χ4n) is 3.53. The van der Waals surface area contributed by atoms with Crippen LogP contribution < -0.4 is 15.0 Å². The standard InChI is InChI=1S/C20H20FN5O8/c1-11(27)22-5-13-7-25(20(29)34-13)12-2-3-15(16(21)4-12)17(28)10-32-14-6-24-8-18(26(30)31)23-19(24)33-9-14/h2-4,8,13-14H,5-7,9-10H2,1H3,(H,22,27)/t13-,14-/m0/s1. The molecule has 13 nitrogen and oxygen atoms in total. The maximum Gasteiger partial charge on any atom is 0.414 e. The van der Waals surface area contributed by atoms with E-state index >= 15 is 0 Å². The zero-order chi connectivity index (χ0) is 24.4. The number of fused-ring (bicyclic) bond motifs is 1. The van der Waals surface area contributed by atoms with Crippen LogP contribution in [0.5, 0.6) is 6.01 Å². The first-order chi connectivity index (χ1) is 16.2. The third kappa shape index (κ3) is 4.96. The number of cyclic esters (lactones) is 1. The van der Waals surface area contributed by atoms with Gasteiger partial charge < -0.3 is 29.6 Å². The fourth-order valence-corrected chi connectivity index (χ4v) is 3.53. The molecule has 14 heteroatoms. The second-order valence-corrected chi connectivity index (χ2v) is 7.68. The van der Waals surface area contributed by atoms with E-state index in [-0.39, 0.29) is 55.2 Å². The summed E-state index contributed by atoms with van der Waals surface area (Å²) in [5.41, 5.74) is -0.0120. The topological polar surface area (TPSA) is 155 Å². The molecule has 0 spiro atoms. The molecule has 0 unspecified atom stereocenters. The van der Waals surface area contributed by atoms with E-state index in [0.717, 1.165) is 6.07 Å². The number of halogens is 1. The highest BCUT2D eigenvalue weighted by Crippen LogP contribution is 2.25. The number of carbonyl (C=O) groups is 3. The highest BCUT2D eigenvalue weighted by atomic mass is 19.1. The molecule has 2 aliphatic heterocycles. The van der Waals surface area contributed by atoms with Gasteiger partial charge in [0.25, 0.3) is 0 Å². The Morgan fingerprint density at radius 2 is 2.18 bits per heavy atom. The maximum atomic E-state index is 14.7. The molecule has 3 heterocycles. The van der Waals surface area contributed by atoms with Crippen molar-refractivity contribution in [3.63, 3.8) is 0 Å². The van der Waals surface area contributed by atoms with Crippen LogP contribution >= 0.6 is 0 Å². The summed E-state index contributed by atoms with van der Waals surface area (Å²) in [5.74, 6) is -2.09. The van der Waals surface area contributed by atoms with E-state index in [1.807, 2.05) is 0 Å². The quantitative estimate of drug-likeness (QED) is 0.334. The zero-order valence-corrected chi connectivity index (χ0v) is 17.9. The van der Waals surface area contributed by atoms with Gasteiger partial charge in [-0.25, -0.2) is 9.18 Å². The van der Waals surface area contributed by atoms with E-state index < -0.39 is 41.4 Å². The summed E-state index contributed by atoms with van der Waals surface area (Å²) in [4.78, 5) is 50.7. The molecular weight excluding hydrogens is 457 g/mol. The van der Waals surface area contributed by atoms with E-state index in [1.165, 1.54) is 34.7 Å². The minimum atomic E-state index is -0.836. The van der Waals surface area contributed by atoms with Crippen molar-refractivity contribution in [1.29, 1.82) is 0 Å². The summed E-state index contributed by atoms with van der Waals surface area (Å²) in [7, 11) is 0. The molecule has 1 saturated heterocycles. The molecular formula is C20H20FN5O8. The number of imidazole rings is 1. The van der Waals surface area contributed by atoms with Gasteiger partial charge in [-0.15, -0.1) is 0 Å². The Morgan fingerprint density at radius 3 is 2.88 bits per heavy atom. The van der Waals surface area contributed by atoms with Crippen LogP contribution in [0.3, 0.4) is 0 Å². The predicted molar refractivity (Wildman–Crippen MR) is 111 cm³/mol. The molecule has 1 aromatic carbocycles. The molecule has 2 atom stereocenters. The lowest BCUT2D eigenvalue weighted by molar-refractivity contribution is -0.389. The van der Waals surface area contributed by atoms with Crippen LogP contribution in [-0.4, -0.2) is 70.8 Å². The molecule has 180 valence electrons. The first-order valence-corrected chi connectivity index (χ1v) is 10.2. The average molecular weight is 477 g/mol. The molecule has 4 rings (SSSR count). The van der Waals surface area contributed by atoms with Gasteiger partial charge >= 0.3 is 17.9 Å². The Labute approximate surface area is 191 Å². The second-order valence-electron chi connectivity index (χ2n) is 7.68. The summed E-state index contributed by atoms with van der Waals surface area (Å²) in [6.45, 7) is 1.35. The largest absolute Gasteiger partial charge is 0.443 e. The summed E-state index contributed by atoms with van der Waals surface area (Å²) in [5, 5.41) is 13.4. The van der Waals surface area contributed by atoms with E-state index in [2.05, 4.69) is 10.3 Å². The number of nitrogens with one attached hydrogen (secondary N) is 1. The molecule has 1 fully saturated rings. The average Bonchev–Trinajstić information content (AvgIpc) is 3.39. The van der Waals surface area contributed by atoms with E-state index in [1.54, 1.807) is 0 Å². The molecule has 1 aromatic heterocycles. The Bertz CT molecular complexity index is 1150. The summed E-state index contributed by atoms with van der Waals surface area (Å²) >= 11 is 0. The minimum absolute atomic E-state index is 0.0274. The number of rotatable bonds is 8. The highest BCUT2D eigenvalue weighted by Gasteiger charge is 2.33. The van der Waals surface area contributed by atoms with Gasteiger partial charge in [0.05, 0.1) is 30.9 Å². The van der Waals surface area contributed by atoms with Gasteiger partial charge in [-0.3, -0.25) is 19.1 Å². The van der Waals surface area contributed by atoms with Crippen molar-refractivity contribution < 1.29 is 37.9 Å². The van der Waals surface area contributed by atoms with Crippen LogP contribution in [0, 0.1) is 15.9 Å². The van der Waals surface area contributed by atoms with Crippen molar-refractivity contribution in [2.75, 3.05) is 31.2 Å². The van der Waals surface area contributed by atoms with Gasteiger partial charge in [0, 0.05) is 11.9 Å². The van der Waals surface area contributed by atoms with Gasteiger partial charge in [0.15, 0.2) is 5.78 Å². The van der Waals surface area contributed by atoms with Crippen molar-refractivity contribution in [2.24, 2.45) is 0 Å². The highest BCUT2D eigenvalue weighted by molar-refractivity contribution is 5.98. The number of nitrogens with zero attached hydrogens (tertiary/aromatic N) is 4. The minimum Gasteiger partial charge on any atom is -0.443 e. The van der Waals surface area contributed by atoms with E-state index in [4.69, 9.17) is 14.2 Å². The number of ketones is 1. The number of anilines is 1. The SMILES string of the molecule is CC(=O)NC[C@H]1CN(c2ccc(C(=O)CO[C@@H]3COc4nc([N+](=O)[O-])cn4C3)c(F)c2)C(=O)O1. The van der Waals surface area contributed by atoms with Gasteiger partial charge in [0.1, 0.15) is 37.4 Å². The van der Waals surface area contributed by atoms with Gasteiger partial charge in [-0.2, -0.15) is 0 Å². The number of nitro groups is 1. The van der Waals surface area contributed by atoms with Crippen molar-refractivity contribution >= 4 is 29.3 Å². The van der Waals surface area contributed by atoms with Crippen LogP contribution in [0.4, 0.5) is 20.7 Å². The number of carbonyl (C=O) groups excluding carboxylic acids is 3. The Hall–Kier alpha value is -4.07. The molecule has 2 amide bonds. The molecule has 34 heavy (non-hydrogen) atoms. The number of hydrogen-bond acceptors (Lipinski definition) is 9. The van der Waals surface area contributed by atoms with Crippen molar-refractivity contribution in [3.05, 3.63) is 45.9 Å². The van der Waals surface area contributed by atoms with E-state index in [9.17, 15) is 28.9 Å². The van der Waals surface area contributed by atoms with Gasteiger partial charge in [-0.05, 0) is 23.1 Å². The second kappa shape index (κ2) is 9.43. The summed E-state index contributed by atoms with van der Waals surface area (Å²) < 4.78 is 32.0. The fraction of sp³-hybridized carbons (Fsp3) is 0.400. The third-order valence-electron chi connectivity index (χ3n) is 5.18. The Kier molecular flexibility index (Phi) is 6.40. The van der Waals surface area contributed by atoms with Crippen LogP contribution in [0.25, 0.3) is 0 Å². The predicted octanol–water partition coefficient (Wildman–Crippen LogP) is 1.05. The molecule has 0 saturated carbocycles. The number of hydrogen-bond donors (Lipinski definition) is 1. The molecule has 0 bridgehead atoms. The van der Waals surface area contributed by atoms with Crippen LogP contribution in [0.1, 0.15) is 17.3 Å². The van der Waals surface area contributed by atoms with Crippen LogP contribution in [-0.2, 0) is 20.8 Å². The number of ether oxygens (including phenoxy) is 3. The normalized spacial score (nSPS) is 19.2. The summed E-state index contributed by atoms with van der Waals surface area (Å²) in [6.07, 6.45) is -0.653. The van der Waals surface area contributed by atoms with Gasteiger partial charge in [-0.1, -0.05) is 0 Å². The smallest absolute Gasteiger partial charge is 0.414 e. The van der Waals surface area contributed by atoms with E-state index in [0.29, 0.717) is 0 Å². The lowest BCUT2D eigenvalue weighted by Crippen LogP contribution is -2.34. The van der Waals surface area contributed by atoms with Crippen molar-refractivity contribution in [3.8, 4) is 6.01 Å². The van der Waals surface area contributed by atoms with Crippen LogP contribution in [0.2, 0.25) is 0 Å². The monoisotopic (exact) mass is 477 g/mol. The van der Waals surface area contributed by atoms with Crippen molar-refractivity contribution in [1.82, 2.24) is 14.9 Å². The molecule has 2 aliphatic rings. The lowest BCUT2D eigenvalue weighted by Gasteiger charge is -2.22. The van der Waals surface area contributed by atoms with Crippen LogP contribution in [0.15, 0.2) is 24.4 Å². The van der Waals surface area contributed by atoms with Gasteiger partial charge in [0.2, 0.25) is 5.91 Å². The number of amides is 2. The third-order valence-corrected chi connectivity index (χ3v) is 5.18. The Morgan fingerprint density at radius 1 is 1.38 bits per heavy atom. The Balaban J connectivity index is 1.34. The maximum absolute atomic E-state index is 14.7. The lowest BCUT2D eigenvalue weighted by atomic mass is 10.1. The summed E-state index contributed by atoms with van der Waals surface area (Å²) in [6, 6.07) is 3.80. The first kappa shape index (κ1) is 23.1. The molecule has 0 radical (unpaired) electrons.